The van der Waals surface area contributed by atoms with Crippen molar-refractivity contribution in [3.63, 3.8) is 0 Å². The van der Waals surface area contributed by atoms with Gasteiger partial charge in [-0.2, -0.15) is 0 Å². The molecule has 0 amide bonds. The number of nitrogens with zero attached hydrogens (tertiary/aromatic N) is 1. The van der Waals surface area contributed by atoms with Gasteiger partial charge in [0.15, 0.2) is 18.4 Å². The lowest BCUT2D eigenvalue weighted by Crippen LogP contribution is -2.43. The Hall–Kier alpha value is -5.20. The molecule has 1 N–H and O–H groups in total. The van der Waals surface area contributed by atoms with Crippen LogP contribution in [0.3, 0.4) is 0 Å². The molecule has 4 aromatic rings. The van der Waals surface area contributed by atoms with E-state index in [0.29, 0.717) is 11.5 Å². The minimum atomic E-state index is -1.25. The number of nitrogens with one attached hydrogen (secondary N) is 1. The summed E-state index contributed by atoms with van der Waals surface area (Å²) in [4.78, 5) is 51.3. The standard InChI is InChI=1S/C34H34N2O10/c1-21(37)44-30-28(46-32(31(30)45-22(2)38)36-19-18-29(39)35-33(36)40)20-43-34(23-8-6-5-7-9-23,24-10-14-26(41-3)15-11-24)25-12-16-27(42-4)17-13-25/h5-19,28,30-32H,20H2,1-4H3,(H,35,39,40)/t28-,30+,31?,32-/m1/s1. The third kappa shape index (κ3) is 6.58. The summed E-state index contributed by atoms with van der Waals surface area (Å²) in [6.07, 6.45) is -3.48. The van der Waals surface area contributed by atoms with E-state index in [9.17, 15) is 19.2 Å². The number of rotatable bonds is 11. The molecule has 3 aromatic carbocycles. The van der Waals surface area contributed by atoms with Gasteiger partial charge in [-0.15, -0.1) is 0 Å². The number of aromatic nitrogens is 2. The van der Waals surface area contributed by atoms with Crippen molar-refractivity contribution in [2.24, 2.45) is 0 Å². The normalized spacial score (nSPS) is 19.3. The summed E-state index contributed by atoms with van der Waals surface area (Å²) in [7, 11) is 3.16. The number of benzene rings is 3. The molecule has 0 aliphatic carbocycles. The monoisotopic (exact) mass is 630 g/mol. The van der Waals surface area contributed by atoms with Gasteiger partial charge >= 0.3 is 17.6 Å². The molecule has 4 atom stereocenters. The second kappa shape index (κ2) is 13.8. The van der Waals surface area contributed by atoms with Crippen molar-refractivity contribution >= 4 is 11.9 Å². The van der Waals surface area contributed by atoms with Crippen LogP contribution in [0, 0.1) is 0 Å². The van der Waals surface area contributed by atoms with E-state index in [4.69, 9.17) is 28.4 Å². The molecular formula is C34H34N2O10. The largest absolute Gasteiger partial charge is 0.497 e. The van der Waals surface area contributed by atoms with Crippen molar-refractivity contribution < 1.29 is 38.0 Å². The number of carbonyl (C=O) groups is 2. The first-order chi connectivity index (χ1) is 22.2. The van der Waals surface area contributed by atoms with E-state index in [0.717, 1.165) is 27.3 Å². The molecule has 0 spiro atoms. The summed E-state index contributed by atoms with van der Waals surface area (Å²) in [5, 5.41) is 0. The first kappa shape index (κ1) is 32.2. The number of ether oxygens (including phenoxy) is 6. The Morgan fingerprint density at radius 2 is 1.28 bits per heavy atom. The molecule has 5 rings (SSSR count). The van der Waals surface area contributed by atoms with E-state index in [2.05, 4.69) is 4.98 Å². The van der Waals surface area contributed by atoms with Crippen LogP contribution in [0.4, 0.5) is 0 Å². The maximum atomic E-state index is 12.8. The summed E-state index contributed by atoms with van der Waals surface area (Å²) in [5.41, 5.74) is -0.391. The van der Waals surface area contributed by atoms with Crippen LogP contribution in [0.1, 0.15) is 36.8 Å². The molecule has 240 valence electrons. The first-order valence-corrected chi connectivity index (χ1v) is 14.5. The average molecular weight is 631 g/mol. The maximum Gasteiger partial charge on any atom is 0.330 e. The van der Waals surface area contributed by atoms with Crippen molar-refractivity contribution in [3.8, 4) is 11.5 Å². The number of esters is 2. The first-order valence-electron chi connectivity index (χ1n) is 14.5. The highest BCUT2D eigenvalue weighted by Gasteiger charge is 2.51. The van der Waals surface area contributed by atoms with Gasteiger partial charge in [-0.25, -0.2) is 4.79 Å². The SMILES string of the molecule is COc1ccc(C(OC[C@H]2O[C@@H](n3ccc(=O)[nH]c3=O)C(OC(C)=O)[C@H]2OC(C)=O)(c2ccccc2)c2ccc(OC)cc2)cc1. The quantitative estimate of drug-likeness (QED) is 0.194. The molecule has 1 saturated heterocycles. The number of H-pyrrole nitrogens is 1. The molecule has 12 nitrogen and oxygen atoms in total. The molecular weight excluding hydrogens is 596 g/mol. The highest BCUT2D eigenvalue weighted by molar-refractivity contribution is 5.67. The summed E-state index contributed by atoms with van der Waals surface area (Å²) in [5.74, 6) is -0.0597. The van der Waals surface area contributed by atoms with Gasteiger partial charge in [0.2, 0.25) is 0 Å². The van der Waals surface area contributed by atoms with Crippen molar-refractivity contribution in [3.05, 3.63) is 129 Å². The number of methoxy groups -OCH3 is 2. The van der Waals surface area contributed by atoms with Gasteiger partial charge < -0.3 is 28.4 Å². The van der Waals surface area contributed by atoms with Gasteiger partial charge in [-0.05, 0) is 41.0 Å². The van der Waals surface area contributed by atoms with Gasteiger partial charge in [0.1, 0.15) is 23.2 Å². The van der Waals surface area contributed by atoms with Crippen LogP contribution in [0.2, 0.25) is 0 Å². The Balaban J connectivity index is 1.63. The minimum Gasteiger partial charge on any atom is -0.497 e. The van der Waals surface area contributed by atoms with Crippen LogP contribution in [0.5, 0.6) is 11.5 Å². The summed E-state index contributed by atoms with van der Waals surface area (Å²) in [6, 6.07) is 25.5. The molecule has 12 heteroatoms. The zero-order valence-corrected chi connectivity index (χ0v) is 25.7. The number of hydrogen-bond acceptors (Lipinski definition) is 10. The average Bonchev–Trinajstić information content (AvgIpc) is 3.37. The fourth-order valence-corrected chi connectivity index (χ4v) is 5.63. The van der Waals surface area contributed by atoms with Crippen LogP contribution in [-0.4, -0.2) is 60.6 Å². The molecule has 1 aliphatic heterocycles. The smallest absolute Gasteiger partial charge is 0.330 e. The maximum absolute atomic E-state index is 12.8. The summed E-state index contributed by atoms with van der Waals surface area (Å²) >= 11 is 0. The Morgan fingerprint density at radius 1 is 0.761 bits per heavy atom. The van der Waals surface area contributed by atoms with Crippen molar-refractivity contribution in [2.45, 2.75) is 44.0 Å². The van der Waals surface area contributed by atoms with Gasteiger partial charge in [-0.1, -0.05) is 54.6 Å². The van der Waals surface area contributed by atoms with Gasteiger partial charge in [0.25, 0.3) is 5.56 Å². The van der Waals surface area contributed by atoms with E-state index in [1.807, 2.05) is 78.9 Å². The molecule has 0 bridgehead atoms. The Morgan fingerprint density at radius 3 is 1.78 bits per heavy atom. The van der Waals surface area contributed by atoms with Crippen LogP contribution < -0.4 is 20.7 Å². The molecule has 2 heterocycles. The fourth-order valence-electron chi connectivity index (χ4n) is 5.63. The van der Waals surface area contributed by atoms with Crippen LogP contribution in [0.25, 0.3) is 0 Å². The number of carbonyl (C=O) groups excluding carboxylic acids is 2. The second-order valence-electron chi connectivity index (χ2n) is 10.5. The Labute approximate surface area is 264 Å². The van der Waals surface area contributed by atoms with Gasteiger partial charge in [-0.3, -0.25) is 23.9 Å². The predicted molar refractivity (Wildman–Crippen MR) is 165 cm³/mol. The second-order valence-corrected chi connectivity index (χ2v) is 10.5. The topological polar surface area (TPSA) is 144 Å². The molecule has 0 saturated carbocycles. The van der Waals surface area contributed by atoms with Crippen LogP contribution in [-0.2, 0) is 34.1 Å². The van der Waals surface area contributed by atoms with Gasteiger partial charge in [0.05, 0.1) is 20.8 Å². The molecule has 1 unspecified atom stereocenters. The van der Waals surface area contributed by atoms with Crippen LogP contribution >= 0.6 is 0 Å². The highest BCUT2D eigenvalue weighted by atomic mass is 16.7. The van der Waals surface area contributed by atoms with E-state index in [1.54, 1.807) is 14.2 Å². The third-order valence-corrected chi connectivity index (χ3v) is 7.65. The minimum absolute atomic E-state index is 0.197. The predicted octanol–water partition coefficient (Wildman–Crippen LogP) is 3.32. The molecule has 1 aromatic heterocycles. The van der Waals surface area contributed by atoms with Crippen LogP contribution in [0.15, 0.2) is 101 Å². The van der Waals surface area contributed by atoms with Crippen molar-refractivity contribution in [2.75, 3.05) is 20.8 Å². The van der Waals surface area contributed by atoms with E-state index in [1.165, 1.54) is 20.0 Å². The van der Waals surface area contributed by atoms with Crippen molar-refractivity contribution in [1.29, 1.82) is 0 Å². The zero-order chi connectivity index (χ0) is 32.8. The third-order valence-electron chi connectivity index (χ3n) is 7.65. The lowest BCUT2D eigenvalue weighted by atomic mass is 9.80. The van der Waals surface area contributed by atoms with Crippen molar-refractivity contribution in [1.82, 2.24) is 9.55 Å². The fraction of sp³-hybridized carbons (Fsp3) is 0.294. The summed E-state index contributed by atoms with van der Waals surface area (Å²) < 4.78 is 36.3. The lowest BCUT2D eigenvalue weighted by Gasteiger charge is -2.37. The van der Waals surface area contributed by atoms with E-state index in [-0.39, 0.29) is 6.61 Å². The Kier molecular flexibility index (Phi) is 9.69. The molecule has 0 radical (unpaired) electrons. The number of aromatic amines is 1. The lowest BCUT2D eigenvalue weighted by molar-refractivity contribution is -0.166. The molecule has 46 heavy (non-hydrogen) atoms. The molecule has 1 aliphatic rings. The molecule has 1 fully saturated rings. The van der Waals surface area contributed by atoms with E-state index < -0.39 is 53.3 Å². The number of hydrogen-bond donors (Lipinski definition) is 1. The summed E-state index contributed by atoms with van der Waals surface area (Å²) in [6.45, 7) is 2.21. The Bertz CT molecular complexity index is 1720. The van der Waals surface area contributed by atoms with Gasteiger partial charge in [0, 0.05) is 26.1 Å². The van der Waals surface area contributed by atoms with E-state index >= 15 is 0 Å². The highest BCUT2D eigenvalue weighted by Crippen LogP contribution is 2.43. The zero-order valence-electron chi connectivity index (χ0n) is 25.7.